The van der Waals surface area contributed by atoms with Crippen molar-refractivity contribution in [3.63, 3.8) is 0 Å². The van der Waals surface area contributed by atoms with E-state index in [1.54, 1.807) is 6.07 Å². The average Bonchev–Trinajstić information content (AvgIpc) is 3.25. The molecule has 0 bridgehead atoms. The van der Waals surface area contributed by atoms with E-state index in [-0.39, 0.29) is 11.1 Å². The number of H-pyrrole nitrogens is 1. The fourth-order valence-electron chi connectivity index (χ4n) is 4.60. The quantitative estimate of drug-likeness (QED) is 0.638. The highest BCUT2D eigenvalue weighted by atomic mass is 16.4. The van der Waals surface area contributed by atoms with Crippen molar-refractivity contribution in [2.24, 2.45) is 0 Å². The van der Waals surface area contributed by atoms with E-state index in [0.29, 0.717) is 22.8 Å². The number of hydrogen-bond donors (Lipinski definition) is 1. The van der Waals surface area contributed by atoms with Crippen LogP contribution in [0.1, 0.15) is 39.2 Å². The van der Waals surface area contributed by atoms with Crippen LogP contribution in [0.2, 0.25) is 0 Å². The molecule has 2 aliphatic rings. The Labute approximate surface area is 180 Å². The van der Waals surface area contributed by atoms with Gasteiger partial charge in [0.25, 0.3) is 5.56 Å². The Morgan fingerprint density at radius 1 is 1.06 bits per heavy atom. The first-order valence-corrected chi connectivity index (χ1v) is 10.7. The van der Waals surface area contributed by atoms with Gasteiger partial charge in [-0.3, -0.25) is 9.78 Å². The normalized spacial score (nSPS) is 17.7. The molecular weight excluding hydrogens is 392 g/mol. The minimum Gasteiger partial charge on any atom is -0.422 e. The van der Waals surface area contributed by atoms with Crippen LogP contribution < -0.4 is 21.0 Å². The second-order valence-corrected chi connectivity index (χ2v) is 9.04. The lowest BCUT2D eigenvalue weighted by atomic mass is 9.88. The molecule has 7 heteroatoms. The highest BCUT2D eigenvalue weighted by Gasteiger charge is 2.29. The van der Waals surface area contributed by atoms with Crippen LogP contribution in [-0.2, 0) is 0 Å². The fourth-order valence-corrected chi connectivity index (χ4v) is 4.60. The minimum atomic E-state index is -0.497. The Kier molecular flexibility index (Phi) is 4.32. The standard InChI is InChI=1S/C24H26N4O3/c1-14-13-24(2,3)27(4)19-12-20-15(9-16(14)19)10-17(22(30)31-20)18-11-21(29)26-23(25-18)28-7-5-6-8-28/h9-13H,5-8H2,1-4H3,(H,25,26,29). The third-order valence-electron chi connectivity index (χ3n) is 6.48. The van der Waals surface area contributed by atoms with Gasteiger partial charge < -0.3 is 14.2 Å². The molecule has 1 saturated heterocycles. The fraction of sp³-hybridized carbons (Fsp3) is 0.375. The molecule has 4 heterocycles. The molecule has 7 nitrogen and oxygen atoms in total. The van der Waals surface area contributed by atoms with Gasteiger partial charge in [-0.2, -0.15) is 0 Å². The first-order chi connectivity index (χ1) is 14.7. The summed E-state index contributed by atoms with van der Waals surface area (Å²) in [6.07, 6.45) is 4.37. The number of anilines is 2. The van der Waals surface area contributed by atoms with Crippen LogP contribution in [0.4, 0.5) is 11.6 Å². The largest absolute Gasteiger partial charge is 0.422 e. The summed E-state index contributed by atoms with van der Waals surface area (Å²) >= 11 is 0. The summed E-state index contributed by atoms with van der Waals surface area (Å²) < 4.78 is 5.70. The first kappa shape index (κ1) is 19.6. The zero-order chi connectivity index (χ0) is 21.9. The Morgan fingerprint density at radius 3 is 2.52 bits per heavy atom. The number of fused-ring (bicyclic) bond motifs is 2. The van der Waals surface area contributed by atoms with E-state index in [2.05, 4.69) is 41.7 Å². The molecule has 2 aromatic heterocycles. The Balaban J connectivity index is 1.67. The zero-order valence-electron chi connectivity index (χ0n) is 18.3. The Morgan fingerprint density at radius 2 is 1.77 bits per heavy atom. The molecule has 0 aliphatic carbocycles. The van der Waals surface area contributed by atoms with Crippen LogP contribution in [0.25, 0.3) is 27.8 Å². The van der Waals surface area contributed by atoms with Crippen LogP contribution in [-0.4, -0.2) is 35.6 Å². The lowest BCUT2D eigenvalue weighted by Crippen LogP contribution is -2.42. The van der Waals surface area contributed by atoms with E-state index in [1.807, 2.05) is 24.1 Å². The van der Waals surface area contributed by atoms with Gasteiger partial charge in [0.15, 0.2) is 0 Å². The van der Waals surface area contributed by atoms with Gasteiger partial charge in [-0.05, 0) is 51.3 Å². The van der Waals surface area contributed by atoms with E-state index in [1.165, 1.54) is 11.6 Å². The first-order valence-electron chi connectivity index (χ1n) is 10.7. The highest BCUT2D eigenvalue weighted by molar-refractivity contribution is 5.92. The number of nitrogens with zero attached hydrogens (tertiary/aromatic N) is 3. The highest BCUT2D eigenvalue weighted by Crippen LogP contribution is 2.40. The Bertz CT molecular complexity index is 1340. The minimum absolute atomic E-state index is 0.133. The van der Waals surface area contributed by atoms with E-state index in [0.717, 1.165) is 42.6 Å². The molecule has 0 spiro atoms. The van der Waals surface area contributed by atoms with E-state index >= 15 is 0 Å². The van der Waals surface area contributed by atoms with Crippen molar-refractivity contribution in [3.8, 4) is 11.3 Å². The number of likely N-dealkylation sites (N-methyl/N-ethyl adjacent to an activating group) is 1. The van der Waals surface area contributed by atoms with E-state index < -0.39 is 5.63 Å². The summed E-state index contributed by atoms with van der Waals surface area (Å²) in [5.74, 6) is 0.507. The number of nitrogens with one attached hydrogen (secondary N) is 1. The van der Waals surface area contributed by atoms with Crippen LogP contribution in [0.15, 0.2) is 44.3 Å². The molecule has 1 N–H and O–H groups in total. The average molecular weight is 418 g/mol. The summed E-state index contributed by atoms with van der Waals surface area (Å²) in [7, 11) is 2.04. The van der Waals surface area contributed by atoms with Gasteiger partial charge in [0.1, 0.15) is 5.58 Å². The van der Waals surface area contributed by atoms with Crippen molar-refractivity contribution in [1.82, 2.24) is 9.97 Å². The summed E-state index contributed by atoms with van der Waals surface area (Å²) in [5.41, 5.74) is 3.56. The van der Waals surface area contributed by atoms with Crippen LogP contribution in [0, 0.1) is 0 Å². The lowest BCUT2D eigenvalue weighted by molar-refractivity contribution is 0.561. The summed E-state index contributed by atoms with van der Waals surface area (Å²) in [5, 5.41) is 0.805. The molecule has 0 unspecified atom stereocenters. The molecule has 0 atom stereocenters. The molecule has 0 amide bonds. The van der Waals surface area contributed by atoms with Crippen molar-refractivity contribution >= 4 is 28.2 Å². The maximum atomic E-state index is 12.9. The zero-order valence-corrected chi connectivity index (χ0v) is 18.3. The van der Waals surface area contributed by atoms with E-state index in [4.69, 9.17) is 4.42 Å². The molecule has 160 valence electrons. The molecule has 31 heavy (non-hydrogen) atoms. The number of aromatic nitrogens is 2. The summed E-state index contributed by atoms with van der Waals surface area (Å²) in [6, 6.07) is 7.11. The smallest absolute Gasteiger partial charge is 0.345 e. The third-order valence-corrected chi connectivity index (χ3v) is 6.48. The molecule has 1 aromatic carbocycles. The number of rotatable bonds is 2. The predicted molar refractivity (Wildman–Crippen MR) is 124 cm³/mol. The van der Waals surface area contributed by atoms with Gasteiger partial charge in [-0.15, -0.1) is 0 Å². The van der Waals surface area contributed by atoms with Gasteiger partial charge in [0, 0.05) is 48.9 Å². The predicted octanol–water partition coefficient (Wildman–Crippen LogP) is 3.78. The number of aromatic amines is 1. The maximum Gasteiger partial charge on any atom is 0.345 e. The van der Waals surface area contributed by atoms with Crippen LogP contribution >= 0.6 is 0 Å². The SMILES string of the molecule is CC1=CC(C)(C)N(C)c2cc3oc(=O)c(-c4cc(=O)[nH]c(N5CCCC5)n4)cc3cc21. The third kappa shape index (κ3) is 3.24. The number of benzene rings is 1. The monoisotopic (exact) mass is 418 g/mol. The van der Waals surface area contributed by atoms with Gasteiger partial charge in [0.2, 0.25) is 5.95 Å². The topological polar surface area (TPSA) is 82.4 Å². The number of hydrogen-bond acceptors (Lipinski definition) is 6. The Hall–Kier alpha value is -3.35. The lowest BCUT2D eigenvalue weighted by Gasteiger charge is -2.40. The molecular formula is C24H26N4O3. The van der Waals surface area contributed by atoms with Gasteiger partial charge in [-0.1, -0.05) is 6.08 Å². The molecule has 5 rings (SSSR count). The van der Waals surface area contributed by atoms with Crippen molar-refractivity contribution in [2.75, 3.05) is 29.9 Å². The second-order valence-electron chi connectivity index (χ2n) is 9.04. The molecule has 2 aliphatic heterocycles. The molecule has 0 saturated carbocycles. The van der Waals surface area contributed by atoms with Crippen molar-refractivity contribution in [3.05, 3.63) is 56.7 Å². The summed E-state index contributed by atoms with van der Waals surface area (Å²) in [4.78, 5) is 36.7. The van der Waals surface area contributed by atoms with E-state index in [9.17, 15) is 9.59 Å². The second kappa shape index (κ2) is 6.83. The number of allylic oxidation sites excluding steroid dienone is 1. The summed E-state index contributed by atoms with van der Waals surface area (Å²) in [6.45, 7) is 8.10. The van der Waals surface area contributed by atoms with Gasteiger partial charge >= 0.3 is 5.63 Å². The van der Waals surface area contributed by atoms with Crippen molar-refractivity contribution in [1.29, 1.82) is 0 Å². The molecule has 3 aromatic rings. The molecule has 1 fully saturated rings. The van der Waals surface area contributed by atoms with Crippen LogP contribution in [0.5, 0.6) is 0 Å². The van der Waals surface area contributed by atoms with Gasteiger partial charge in [0.05, 0.1) is 16.8 Å². The van der Waals surface area contributed by atoms with Crippen LogP contribution in [0.3, 0.4) is 0 Å². The maximum absolute atomic E-state index is 12.9. The van der Waals surface area contributed by atoms with Gasteiger partial charge in [-0.25, -0.2) is 9.78 Å². The molecule has 0 radical (unpaired) electrons. The van der Waals surface area contributed by atoms with Crippen molar-refractivity contribution < 1.29 is 4.42 Å². The van der Waals surface area contributed by atoms with Crippen molar-refractivity contribution in [2.45, 2.75) is 39.2 Å².